The molecule has 2 bridgehead atoms. The standard InChI is InChI=1S/C21H31NO2/c1-21(2,3)24-20(23)22-18-13-16-10-11-17(14-18)19(16)12-9-15-7-5-4-6-8-15/h4-8,16-19H,9-14H2,1-3H3,(H,22,23)/t16-,17+,18?,19?. The van der Waals surface area contributed by atoms with E-state index in [0.29, 0.717) is 6.04 Å². The number of hydrogen-bond donors (Lipinski definition) is 1. The molecule has 0 aliphatic heterocycles. The number of nitrogens with one attached hydrogen (secondary N) is 1. The van der Waals surface area contributed by atoms with Gasteiger partial charge in [0, 0.05) is 6.04 Å². The lowest BCUT2D eigenvalue weighted by Crippen LogP contribution is -2.43. The van der Waals surface area contributed by atoms with Crippen LogP contribution in [-0.4, -0.2) is 17.7 Å². The monoisotopic (exact) mass is 329 g/mol. The molecule has 2 aliphatic rings. The van der Waals surface area contributed by atoms with Crippen LogP contribution in [0, 0.1) is 17.8 Å². The quantitative estimate of drug-likeness (QED) is 0.849. The lowest BCUT2D eigenvalue weighted by atomic mass is 9.74. The van der Waals surface area contributed by atoms with Crippen molar-refractivity contribution in [3.05, 3.63) is 35.9 Å². The fraction of sp³-hybridized carbons (Fsp3) is 0.667. The Kier molecular flexibility index (Phi) is 5.17. The van der Waals surface area contributed by atoms with Gasteiger partial charge in [-0.15, -0.1) is 0 Å². The van der Waals surface area contributed by atoms with E-state index in [1.54, 1.807) is 0 Å². The lowest BCUT2D eigenvalue weighted by molar-refractivity contribution is 0.0464. The largest absolute Gasteiger partial charge is 0.444 e. The molecule has 0 spiro atoms. The zero-order chi connectivity index (χ0) is 17.2. The Labute approximate surface area is 146 Å². The molecule has 0 heterocycles. The molecule has 2 unspecified atom stereocenters. The number of carbonyl (C=O) groups excluding carboxylic acids is 1. The van der Waals surface area contributed by atoms with Crippen molar-refractivity contribution in [1.29, 1.82) is 0 Å². The maximum atomic E-state index is 12.0. The third-order valence-corrected chi connectivity index (χ3v) is 5.62. The molecule has 4 atom stereocenters. The predicted octanol–water partition coefficient (Wildman–Crippen LogP) is 4.95. The summed E-state index contributed by atoms with van der Waals surface area (Å²) in [6, 6.07) is 11.1. The third kappa shape index (κ3) is 4.52. The molecule has 0 radical (unpaired) electrons. The summed E-state index contributed by atoms with van der Waals surface area (Å²) in [7, 11) is 0. The van der Waals surface area contributed by atoms with Crippen molar-refractivity contribution in [3.8, 4) is 0 Å². The van der Waals surface area contributed by atoms with E-state index in [1.165, 1.54) is 31.2 Å². The third-order valence-electron chi connectivity index (χ3n) is 5.62. The molecule has 2 saturated carbocycles. The van der Waals surface area contributed by atoms with Crippen LogP contribution in [0.2, 0.25) is 0 Å². The van der Waals surface area contributed by atoms with Crippen molar-refractivity contribution in [1.82, 2.24) is 5.32 Å². The Morgan fingerprint density at radius 2 is 1.75 bits per heavy atom. The summed E-state index contributed by atoms with van der Waals surface area (Å²) in [6.07, 6.45) is 7.12. The van der Waals surface area contributed by atoms with Crippen molar-refractivity contribution in [2.45, 2.75) is 70.9 Å². The SMILES string of the molecule is CC(C)(C)OC(=O)NC1C[C@H]2CC[C@@H](C1)C2CCc1ccccc1. The van der Waals surface area contributed by atoms with Crippen LogP contribution in [0.5, 0.6) is 0 Å². The van der Waals surface area contributed by atoms with E-state index < -0.39 is 5.60 Å². The van der Waals surface area contributed by atoms with Gasteiger partial charge in [-0.3, -0.25) is 0 Å². The molecule has 3 heteroatoms. The first-order valence-electron chi connectivity index (χ1n) is 9.44. The molecule has 24 heavy (non-hydrogen) atoms. The predicted molar refractivity (Wildman–Crippen MR) is 96.9 cm³/mol. The minimum Gasteiger partial charge on any atom is -0.444 e. The van der Waals surface area contributed by atoms with Crippen molar-refractivity contribution < 1.29 is 9.53 Å². The Hall–Kier alpha value is -1.51. The molecule has 2 aliphatic carbocycles. The van der Waals surface area contributed by atoms with Gasteiger partial charge in [0.15, 0.2) is 0 Å². The number of hydrogen-bond acceptors (Lipinski definition) is 2. The van der Waals surface area contributed by atoms with Crippen LogP contribution in [0.4, 0.5) is 4.79 Å². The summed E-state index contributed by atoms with van der Waals surface area (Å²) in [5, 5.41) is 3.11. The minimum atomic E-state index is -0.421. The second kappa shape index (κ2) is 7.16. The highest BCUT2D eigenvalue weighted by Gasteiger charge is 2.42. The average Bonchev–Trinajstić information content (AvgIpc) is 2.73. The second-order valence-electron chi connectivity index (χ2n) is 8.60. The number of carbonyl (C=O) groups is 1. The Morgan fingerprint density at radius 3 is 2.33 bits per heavy atom. The highest BCUT2D eigenvalue weighted by molar-refractivity contribution is 5.68. The van der Waals surface area contributed by atoms with Crippen molar-refractivity contribution in [2.75, 3.05) is 0 Å². The number of alkyl carbamates (subject to hydrolysis) is 1. The van der Waals surface area contributed by atoms with Gasteiger partial charge < -0.3 is 10.1 Å². The summed E-state index contributed by atoms with van der Waals surface area (Å²) in [5.74, 6) is 2.38. The van der Waals surface area contributed by atoms with Crippen LogP contribution >= 0.6 is 0 Å². The highest BCUT2D eigenvalue weighted by Crippen LogP contribution is 2.48. The molecule has 1 amide bonds. The van der Waals surface area contributed by atoms with Gasteiger partial charge in [0.25, 0.3) is 0 Å². The first-order valence-corrected chi connectivity index (χ1v) is 9.44. The molecule has 1 N–H and O–H groups in total. The number of aryl methyl sites for hydroxylation is 1. The van der Waals surface area contributed by atoms with Crippen molar-refractivity contribution in [3.63, 3.8) is 0 Å². The van der Waals surface area contributed by atoms with E-state index in [0.717, 1.165) is 30.6 Å². The Morgan fingerprint density at radius 1 is 1.12 bits per heavy atom. The van der Waals surface area contributed by atoms with E-state index in [4.69, 9.17) is 4.74 Å². The number of rotatable bonds is 4. The molecule has 132 valence electrons. The van der Waals surface area contributed by atoms with Crippen molar-refractivity contribution in [2.24, 2.45) is 17.8 Å². The maximum Gasteiger partial charge on any atom is 0.407 e. The normalized spacial score (nSPS) is 29.3. The molecule has 2 fully saturated rings. The minimum absolute atomic E-state index is 0.255. The van der Waals surface area contributed by atoms with E-state index in [-0.39, 0.29) is 6.09 Å². The van der Waals surface area contributed by atoms with Gasteiger partial charge >= 0.3 is 6.09 Å². The van der Waals surface area contributed by atoms with Gasteiger partial charge in [0.1, 0.15) is 5.60 Å². The Balaban J connectivity index is 1.50. The van der Waals surface area contributed by atoms with Crippen LogP contribution in [-0.2, 0) is 11.2 Å². The molecule has 0 saturated heterocycles. The summed E-state index contributed by atoms with van der Waals surface area (Å²) in [6.45, 7) is 5.74. The molecule has 1 aromatic rings. The number of fused-ring (bicyclic) bond motifs is 2. The van der Waals surface area contributed by atoms with Crippen LogP contribution in [0.15, 0.2) is 30.3 Å². The van der Waals surface area contributed by atoms with Gasteiger partial charge in [-0.25, -0.2) is 4.79 Å². The van der Waals surface area contributed by atoms with Crippen molar-refractivity contribution >= 4 is 6.09 Å². The molecule has 3 rings (SSSR count). The first kappa shape index (κ1) is 17.3. The Bertz CT molecular complexity index is 535. The summed E-state index contributed by atoms with van der Waals surface area (Å²) >= 11 is 0. The summed E-state index contributed by atoms with van der Waals surface area (Å²) in [4.78, 5) is 12.0. The topological polar surface area (TPSA) is 38.3 Å². The number of amides is 1. The zero-order valence-electron chi connectivity index (χ0n) is 15.3. The fourth-order valence-corrected chi connectivity index (χ4v) is 4.70. The first-order chi connectivity index (χ1) is 11.4. The number of benzene rings is 1. The van der Waals surface area contributed by atoms with Gasteiger partial charge in [-0.1, -0.05) is 30.3 Å². The lowest BCUT2D eigenvalue weighted by Gasteiger charge is -2.36. The smallest absolute Gasteiger partial charge is 0.407 e. The summed E-state index contributed by atoms with van der Waals surface area (Å²) in [5.41, 5.74) is 1.03. The van der Waals surface area contributed by atoms with Crippen LogP contribution in [0.1, 0.15) is 58.4 Å². The van der Waals surface area contributed by atoms with Gasteiger partial charge in [-0.2, -0.15) is 0 Å². The number of ether oxygens (including phenoxy) is 1. The zero-order valence-corrected chi connectivity index (χ0v) is 15.3. The molecule has 0 aromatic heterocycles. The van der Waals surface area contributed by atoms with Crippen LogP contribution < -0.4 is 5.32 Å². The maximum absolute atomic E-state index is 12.0. The second-order valence-corrected chi connectivity index (χ2v) is 8.60. The summed E-state index contributed by atoms with van der Waals surface area (Å²) < 4.78 is 5.41. The van der Waals surface area contributed by atoms with Gasteiger partial charge in [-0.05, 0) is 82.6 Å². The average molecular weight is 329 g/mol. The van der Waals surface area contributed by atoms with Crippen LogP contribution in [0.3, 0.4) is 0 Å². The molecular weight excluding hydrogens is 298 g/mol. The van der Waals surface area contributed by atoms with Gasteiger partial charge in [0.05, 0.1) is 0 Å². The van der Waals surface area contributed by atoms with Gasteiger partial charge in [0.2, 0.25) is 0 Å². The van der Waals surface area contributed by atoms with E-state index in [1.807, 2.05) is 20.8 Å². The van der Waals surface area contributed by atoms with E-state index >= 15 is 0 Å². The highest BCUT2D eigenvalue weighted by atomic mass is 16.6. The molecule has 3 nitrogen and oxygen atoms in total. The van der Waals surface area contributed by atoms with Crippen LogP contribution in [0.25, 0.3) is 0 Å². The molecular formula is C21H31NO2. The fourth-order valence-electron chi connectivity index (χ4n) is 4.70. The van der Waals surface area contributed by atoms with E-state index in [2.05, 4.69) is 35.6 Å². The molecule has 1 aromatic carbocycles. The van der Waals surface area contributed by atoms with E-state index in [9.17, 15) is 4.79 Å².